The highest BCUT2D eigenvalue weighted by molar-refractivity contribution is 5.44. The second-order valence-corrected chi connectivity index (χ2v) is 9.07. The number of benzene rings is 2. The van der Waals surface area contributed by atoms with Crippen molar-refractivity contribution < 1.29 is 4.39 Å². The summed E-state index contributed by atoms with van der Waals surface area (Å²) in [6.07, 6.45) is 6.57. The van der Waals surface area contributed by atoms with E-state index in [0.717, 1.165) is 52.2 Å². The van der Waals surface area contributed by atoms with Gasteiger partial charge in [-0.15, -0.1) is 0 Å². The maximum Gasteiger partial charge on any atom is 0.270 e. The normalized spacial score (nSPS) is 14.4. The lowest BCUT2D eigenvalue weighted by Crippen LogP contribution is -2.30. The molecule has 0 spiro atoms. The summed E-state index contributed by atoms with van der Waals surface area (Å²) >= 11 is 0. The third-order valence-corrected chi connectivity index (χ3v) is 6.39. The van der Waals surface area contributed by atoms with Crippen LogP contribution in [0.15, 0.2) is 65.8 Å². The predicted octanol–water partition coefficient (Wildman–Crippen LogP) is 5.26. The van der Waals surface area contributed by atoms with Crippen molar-refractivity contribution >= 4 is 0 Å². The predicted molar refractivity (Wildman–Crippen MR) is 127 cm³/mol. The summed E-state index contributed by atoms with van der Waals surface area (Å²) in [7, 11) is 0. The van der Waals surface area contributed by atoms with Crippen molar-refractivity contribution in [3.63, 3.8) is 0 Å². The second kappa shape index (κ2) is 8.43. The van der Waals surface area contributed by atoms with Crippen molar-refractivity contribution in [3.8, 4) is 5.69 Å². The Morgan fingerprint density at radius 2 is 1.85 bits per heavy atom. The van der Waals surface area contributed by atoms with Gasteiger partial charge < -0.3 is 4.57 Å². The molecule has 4 aromatic rings. The Morgan fingerprint density at radius 3 is 2.48 bits per heavy atom. The van der Waals surface area contributed by atoms with E-state index in [1.807, 2.05) is 37.0 Å². The minimum absolute atomic E-state index is 0.0943. The van der Waals surface area contributed by atoms with E-state index in [2.05, 4.69) is 30.1 Å². The van der Waals surface area contributed by atoms with Crippen molar-refractivity contribution in [3.05, 3.63) is 111 Å². The van der Waals surface area contributed by atoms with Gasteiger partial charge in [0, 0.05) is 29.8 Å². The van der Waals surface area contributed by atoms with Gasteiger partial charge in [-0.3, -0.25) is 4.79 Å². The maximum atomic E-state index is 13.4. The van der Waals surface area contributed by atoms with Gasteiger partial charge in [0.2, 0.25) is 0 Å². The third kappa shape index (κ3) is 4.38. The van der Waals surface area contributed by atoms with Crippen LogP contribution in [-0.4, -0.2) is 19.3 Å². The summed E-state index contributed by atoms with van der Waals surface area (Å²) in [4.78, 5) is 17.8. The first-order chi connectivity index (χ1) is 15.9. The molecule has 1 fully saturated rings. The smallest absolute Gasteiger partial charge is 0.270 e. The molecule has 2 aromatic heterocycles. The number of nitrogens with zero attached hydrogens (tertiary/aromatic N) is 4. The molecule has 1 saturated carbocycles. The average molecular weight is 443 g/mol. The van der Waals surface area contributed by atoms with E-state index in [4.69, 9.17) is 5.10 Å². The Bertz CT molecular complexity index is 1370. The van der Waals surface area contributed by atoms with Crippen LogP contribution in [0.4, 0.5) is 4.39 Å². The maximum absolute atomic E-state index is 13.4. The van der Waals surface area contributed by atoms with Gasteiger partial charge in [-0.2, -0.15) is 5.10 Å². The van der Waals surface area contributed by atoms with Crippen LogP contribution >= 0.6 is 0 Å². The largest absolute Gasteiger partial charge is 0.306 e. The zero-order valence-corrected chi connectivity index (χ0v) is 19.1. The number of aryl methyl sites for hydroxylation is 2. The molecule has 0 bridgehead atoms. The van der Waals surface area contributed by atoms with Crippen LogP contribution < -0.4 is 5.56 Å². The number of rotatable bonds is 6. The molecule has 2 aromatic carbocycles. The molecular formula is C27H27FN4O. The van der Waals surface area contributed by atoms with E-state index >= 15 is 0 Å². The van der Waals surface area contributed by atoms with Gasteiger partial charge in [-0.25, -0.2) is 14.1 Å². The first-order valence-corrected chi connectivity index (χ1v) is 11.4. The van der Waals surface area contributed by atoms with Crippen molar-refractivity contribution in [2.75, 3.05) is 0 Å². The SMILES string of the molecule is Cc1cn(-c2ccc(Cc3cc(C4CC4)nn([C@@H](C)c4ccc(F)cc4)c3=O)cc2C)cn1. The quantitative estimate of drug-likeness (QED) is 0.409. The molecule has 2 heterocycles. The molecule has 0 saturated heterocycles. The van der Waals surface area contributed by atoms with Gasteiger partial charge in [-0.1, -0.05) is 24.3 Å². The fourth-order valence-corrected chi connectivity index (χ4v) is 4.33. The van der Waals surface area contributed by atoms with Crippen LogP contribution in [0.5, 0.6) is 0 Å². The van der Waals surface area contributed by atoms with E-state index in [1.54, 1.807) is 16.8 Å². The Balaban J connectivity index is 1.50. The Morgan fingerprint density at radius 1 is 1.09 bits per heavy atom. The molecule has 168 valence electrons. The van der Waals surface area contributed by atoms with Gasteiger partial charge in [0.1, 0.15) is 5.82 Å². The summed E-state index contributed by atoms with van der Waals surface area (Å²) < 4.78 is 17.0. The monoisotopic (exact) mass is 442 g/mol. The van der Waals surface area contributed by atoms with E-state index in [-0.39, 0.29) is 17.4 Å². The van der Waals surface area contributed by atoms with Crippen LogP contribution in [-0.2, 0) is 6.42 Å². The highest BCUT2D eigenvalue weighted by Gasteiger charge is 2.28. The zero-order valence-electron chi connectivity index (χ0n) is 19.1. The third-order valence-electron chi connectivity index (χ3n) is 6.39. The highest BCUT2D eigenvalue weighted by Crippen LogP contribution is 2.39. The standard InChI is InChI=1S/C27H27FN4O/c1-17-12-20(4-11-26(17)31-15-18(2)29-16-31)13-23-14-25(22-5-6-22)30-32(27(23)33)19(3)21-7-9-24(28)10-8-21/h4,7-12,14-16,19,22H,5-6,13H2,1-3H3/t19-/m0/s1. The first-order valence-electron chi connectivity index (χ1n) is 11.4. The molecule has 0 radical (unpaired) electrons. The highest BCUT2D eigenvalue weighted by atomic mass is 19.1. The van der Waals surface area contributed by atoms with Gasteiger partial charge in [0.05, 0.1) is 23.8 Å². The van der Waals surface area contributed by atoms with Crippen LogP contribution in [0, 0.1) is 19.7 Å². The zero-order chi connectivity index (χ0) is 23.1. The van der Waals surface area contributed by atoms with Crippen LogP contribution in [0.2, 0.25) is 0 Å². The Kier molecular flexibility index (Phi) is 5.44. The summed E-state index contributed by atoms with van der Waals surface area (Å²) in [6, 6.07) is 14.3. The molecule has 6 heteroatoms. The van der Waals surface area contributed by atoms with Crippen LogP contribution in [0.3, 0.4) is 0 Å². The first kappa shape index (κ1) is 21.3. The summed E-state index contributed by atoms with van der Waals surface area (Å²) in [5.74, 6) is 0.132. The molecule has 1 atom stereocenters. The lowest BCUT2D eigenvalue weighted by Gasteiger charge is -2.17. The summed E-state index contributed by atoms with van der Waals surface area (Å²) in [5, 5.41) is 4.71. The number of hydrogen-bond donors (Lipinski definition) is 0. The van der Waals surface area contributed by atoms with Crippen molar-refractivity contribution in [2.24, 2.45) is 0 Å². The van der Waals surface area contributed by atoms with Gasteiger partial charge in [-0.05, 0) is 74.6 Å². The van der Waals surface area contributed by atoms with Gasteiger partial charge in [0.25, 0.3) is 5.56 Å². The number of imidazole rings is 1. The fourth-order valence-electron chi connectivity index (χ4n) is 4.33. The number of hydrogen-bond acceptors (Lipinski definition) is 3. The molecule has 1 aliphatic carbocycles. The van der Waals surface area contributed by atoms with Crippen molar-refractivity contribution in [1.82, 2.24) is 19.3 Å². The van der Waals surface area contributed by atoms with Gasteiger partial charge >= 0.3 is 0 Å². The lowest BCUT2D eigenvalue weighted by atomic mass is 10.0. The minimum atomic E-state index is -0.289. The number of halogens is 1. The molecular weight excluding hydrogens is 415 g/mol. The average Bonchev–Trinajstić information content (AvgIpc) is 3.56. The molecule has 5 nitrogen and oxygen atoms in total. The topological polar surface area (TPSA) is 52.7 Å². The van der Waals surface area contributed by atoms with Crippen molar-refractivity contribution in [1.29, 1.82) is 0 Å². The summed E-state index contributed by atoms with van der Waals surface area (Å²) in [6.45, 7) is 5.98. The van der Waals surface area contributed by atoms with E-state index in [0.29, 0.717) is 12.3 Å². The molecule has 5 rings (SSSR count). The lowest BCUT2D eigenvalue weighted by molar-refractivity contribution is 0.515. The molecule has 0 aliphatic heterocycles. The molecule has 0 N–H and O–H groups in total. The van der Waals surface area contributed by atoms with E-state index in [9.17, 15) is 9.18 Å². The van der Waals surface area contributed by atoms with Crippen molar-refractivity contribution in [2.45, 2.75) is 52.0 Å². The van der Waals surface area contributed by atoms with Crippen LogP contribution in [0.1, 0.15) is 65.4 Å². The van der Waals surface area contributed by atoms with E-state index in [1.165, 1.54) is 12.1 Å². The molecule has 33 heavy (non-hydrogen) atoms. The molecule has 1 aliphatic rings. The van der Waals surface area contributed by atoms with Crippen LogP contribution in [0.25, 0.3) is 5.69 Å². The van der Waals surface area contributed by atoms with Gasteiger partial charge in [0.15, 0.2) is 0 Å². The number of aromatic nitrogens is 4. The molecule has 0 amide bonds. The second-order valence-electron chi connectivity index (χ2n) is 9.07. The Hall–Kier alpha value is -3.54. The minimum Gasteiger partial charge on any atom is -0.306 e. The Labute approximate surface area is 192 Å². The van der Waals surface area contributed by atoms with E-state index < -0.39 is 0 Å². The summed E-state index contributed by atoms with van der Waals surface area (Å²) in [5.41, 5.74) is 6.74. The fraction of sp³-hybridized carbons (Fsp3) is 0.296. The molecule has 0 unspecified atom stereocenters.